The van der Waals surface area contributed by atoms with Gasteiger partial charge in [-0.3, -0.25) is 19.6 Å². The first-order valence-corrected chi connectivity index (χ1v) is 8.86. The number of benzene rings is 2. The Morgan fingerprint density at radius 2 is 2.15 bits per heavy atom. The van der Waals surface area contributed by atoms with E-state index in [1.165, 1.54) is 11.0 Å². The van der Waals surface area contributed by atoms with Crippen LogP contribution in [0.1, 0.15) is 12.0 Å². The molecule has 0 spiro atoms. The highest BCUT2D eigenvalue weighted by molar-refractivity contribution is 6.30. The normalized spacial score (nSPS) is 16.9. The first-order chi connectivity index (χ1) is 13.0. The van der Waals surface area contributed by atoms with E-state index in [1.807, 2.05) is 12.1 Å². The summed E-state index contributed by atoms with van der Waals surface area (Å²) in [6.07, 6.45) is 0.0597. The van der Waals surface area contributed by atoms with Crippen molar-refractivity contribution >= 4 is 40.1 Å². The number of H-pyrrole nitrogens is 1. The fraction of sp³-hybridized carbons (Fsp3) is 0.211. The SMILES string of the molecule is O=C(NCc1cccc(Cl)c1)C1CC(=O)N(c2n[nH]c3cccc(F)c23)C1. The lowest BCUT2D eigenvalue weighted by molar-refractivity contribution is -0.126. The smallest absolute Gasteiger partial charge is 0.229 e. The van der Waals surface area contributed by atoms with Crippen molar-refractivity contribution in [3.63, 3.8) is 0 Å². The van der Waals surface area contributed by atoms with Crippen molar-refractivity contribution < 1.29 is 14.0 Å². The summed E-state index contributed by atoms with van der Waals surface area (Å²) in [4.78, 5) is 26.2. The average molecular weight is 387 g/mol. The Balaban J connectivity index is 1.47. The maximum Gasteiger partial charge on any atom is 0.229 e. The van der Waals surface area contributed by atoms with Crippen LogP contribution in [0.4, 0.5) is 10.2 Å². The second-order valence-corrected chi connectivity index (χ2v) is 6.90. The van der Waals surface area contributed by atoms with Crippen LogP contribution in [0.25, 0.3) is 10.9 Å². The lowest BCUT2D eigenvalue weighted by atomic mass is 10.1. The molecule has 2 amide bonds. The number of anilines is 1. The van der Waals surface area contributed by atoms with E-state index in [1.54, 1.807) is 24.3 Å². The fourth-order valence-corrected chi connectivity index (χ4v) is 3.49. The quantitative estimate of drug-likeness (QED) is 0.723. The monoisotopic (exact) mass is 386 g/mol. The summed E-state index contributed by atoms with van der Waals surface area (Å²) < 4.78 is 14.2. The minimum absolute atomic E-state index is 0.0597. The van der Waals surface area contributed by atoms with E-state index in [0.717, 1.165) is 5.56 Å². The molecule has 8 heteroatoms. The molecule has 1 fully saturated rings. The Labute approximate surface area is 159 Å². The van der Waals surface area contributed by atoms with Gasteiger partial charge >= 0.3 is 0 Å². The topological polar surface area (TPSA) is 78.1 Å². The van der Waals surface area contributed by atoms with E-state index < -0.39 is 11.7 Å². The van der Waals surface area contributed by atoms with Crippen molar-refractivity contribution in [2.24, 2.45) is 5.92 Å². The van der Waals surface area contributed by atoms with Crippen LogP contribution in [0.5, 0.6) is 0 Å². The molecular weight excluding hydrogens is 371 g/mol. The standard InChI is InChI=1S/C19H16ClFN4O2/c20-13-4-1-3-11(7-13)9-22-19(27)12-8-16(26)25(10-12)18-17-14(21)5-2-6-15(17)23-24-18/h1-7,12H,8-10H2,(H,22,27)(H,23,24). The lowest BCUT2D eigenvalue weighted by Crippen LogP contribution is -2.32. The van der Waals surface area contributed by atoms with Gasteiger partial charge in [0.1, 0.15) is 5.82 Å². The summed E-state index contributed by atoms with van der Waals surface area (Å²) >= 11 is 5.94. The Kier molecular flexibility index (Phi) is 4.53. The molecule has 1 atom stereocenters. The highest BCUT2D eigenvalue weighted by Crippen LogP contribution is 2.31. The average Bonchev–Trinajstić information content (AvgIpc) is 3.24. The van der Waals surface area contributed by atoms with Crippen LogP contribution in [-0.4, -0.2) is 28.6 Å². The van der Waals surface area contributed by atoms with Crippen LogP contribution in [0.2, 0.25) is 5.02 Å². The Morgan fingerprint density at radius 3 is 2.96 bits per heavy atom. The van der Waals surface area contributed by atoms with Crippen molar-refractivity contribution in [2.45, 2.75) is 13.0 Å². The highest BCUT2D eigenvalue weighted by atomic mass is 35.5. The molecular formula is C19H16ClFN4O2. The number of hydrogen-bond donors (Lipinski definition) is 2. The van der Waals surface area contributed by atoms with Gasteiger partial charge in [0, 0.05) is 24.5 Å². The summed E-state index contributed by atoms with van der Waals surface area (Å²) in [6, 6.07) is 11.8. The van der Waals surface area contributed by atoms with E-state index in [-0.39, 0.29) is 36.0 Å². The number of carbonyl (C=O) groups is 2. The first kappa shape index (κ1) is 17.5. The molecule has 2 N–H and O–H groups in total. The molecule has 6 nitrogen and oxygen atoms in total. The number of aromatic nitrogens is 2. The van der Waals surface area contributed by atoms with Gasteiger partial charge in [-0.25, -0.2) is 4.39 Å². The zero-order chi connectivity index (χ0) is 19.0. The Hall–Kier alpha value is -2.93. The molecule has 4 rings (SSSR count). The van der Waals surface area contributed by atoms with Crippen molar-refractivity contribution in [3.05, 3.63) is 58.9 Å². The summed E-state index contributed by atoms with van der Waals surface area (Å²) in [7, 11) is 0. The van der Waals surface area contributed by atoms with Crippen LogP contribution in [0.15, 0.2) is 42.5 Å². The van der Waals surface area contributed by atoms with E-state index in [0.29, 0.717) is 17.1 Å². The highest BCUT2D eigenvalue weighted by Gasteiger charge is 2.37. The summed E-state index contributed by atoms with van der Waals surface area (Å²) in [5, 5.41) is 10.5. The number of fused-ring (bicyclic) bond motifs is 1. The summed E-state index contributed by atoms with van der Waals surface area (Å²) in [6.45, 7) is 0.485. The Bertz CT molecular complexity index is 1040. The molecule has 2 aromatic carbocycles. The lowest BCUT2D eigenvalue weighted by Gasteiger charge is -2.14. The maximum atomic E-state index is 14.2. The van der Waals surface area contributed by atoms with Gasteiger partial charge in [0.2, 0.25) is 11.8 Å². The zero-order valence-electron chi connectivity index (χ0n) is 14.2. The molecule has 1 aromatic heterocycles. The van der Waals surface area contributed by atoms with Crippen molar-refractivity contribution in [3.8, 4) is 0 Å². The fourth-order valence-electron chi connectivity index (χ4n) is 3.28. The maximum absolute atomic E-state index is 14.2. The van der Waals surface area contributed by atoms with Gasteiger partial charge in [0.05, 0.1) is 16.8 Å². The largest absolute Gasteiger partial charge is 0.352 e. The molecule has 1 unspecified atom stereocenters. The third-order valence-corrected chi connectivity index (χ3v) is 4.86. The molecule has 27 heavy (non-hydrogen) atoms. The third-order valence-electron chi connectivity index (χ3n) is 4.63. The number of nitrogens with one attached hydrogen (secondary N) is 2. The van der Waals surface area contributed by atoms with Crippen LogP contribution in [0, 0.1) is 11.7 Å². The molecule has 2 heterocycles. The second-order valence-electron chi connectivity index (χ2n) is 6.46. The van der Waals surface area contributed by atoms with Gasteiger partial charge in [-0.1, -0.05) is 29.8 Å². The number of hydrogen-bond acceptors (Lipinski definition) is 3. The minimum Gasteiger partial charge on any atom is -0.352 e. The number of nitrogens with zero attached hydrogens (tertiary/aromatic N) is 2. The van der Waals surface area contributed by atoms with Crippen molar-refractivity contribution in [1.29, 1.82) is 0 Å². The van der Waals surface area contributed by atoms with Crippen LogP contribution in [-0.2, 0) is 16.1 Å². The van der Waals surface area contributed by atoms with E-state index >= 15 is 0 Å². The van der Waals surface area contributed by atoms with E-state index in [9.17, 15) is 14.0 Å². The molecule has 138 valence electrons. The minimum atomic E-state index is -0.518. The molecule has 3 aromatic rings. The summed E-state index contributed by atoms with van der Waals surface area (Å²) in [5.41, 5.74) is 1.38. The number of rotatable bonds is 4. The number of carbonyl (C=O) groups excluding carboxylic acids is 2. The van der Waals surface area contributed by atoms with Gasteiger partial charge in [0.15, 0.2) is 5.82 Å². The molecule has 0 saturated carbocycles. The zero-order valence-corrected chi connectivity index (χ0v) is 15.0. The van der Waals surface area contributed by atoms with Crippen LogP contribution < -0.4 is 10.2 Å². The predicted molar refractivity (Wildman–Crippen MR) is 99.8 cm³/mol. The van der Waals surface area contributed by atoms with Gasteiger partial charge in [-0.2, -0.15) is 5.10 Å². The van der Waals surface area contributed by atoms with Gasteiger partial charge in [-0.05, 0) is 29.8 Å². The Morgan fingerprint density at radius 1 is 1.33 bits per heavy atom. The number of aromatic amines is 1. The molecule has 0 aliphatic carbocycles. The van der Waals surface area contributed by atoms with Gasteiger partial charge in [-0.15, -0.1) is 0 Å². The van der Waals surface area contributed by atoms with Crippen molar-refractivity contribution in [2.75, 3.05) is 11.4 Å². The van der Waals surface area contributed by atoms with Gasteiger partial charge < -0.3 is 5.32 Å². The van der Waals surface area contributed by atoms with Crippen molar-refractivity contribution in [1.82, 2.24) is 15.5 Å². The van der Waals surface area contributed by atoms with E-state index in [4.69, 9.17) is 11.6 Å². The van der Waals surface area contributed by atoms with Gasteiger partial charge in [0.25, 0.3) is 0 Å². The number of halogens is 2. The summed E-state index contributed by atoms with van der Waals surface area (Å²) in [5.74, 6) is -1.24. The second kappa shape index (κ2) is 7.00. The predicted octanol–water partition coefficient (Wildman–Crippen LogP) is 3.02. The first-order valence-electron chi connectivity index (χ1n) is 8.48. The molecule has 0 radical (unpaired) electrons. The molecule has 1 aliphatic rings. The number of amides is 2. The van der Waals surface area contributed by atoms with Crippen LogP contribution >= 0.6 is 11.6 Å². The molecule has 1 saturated heterocycles. The molecule has 0 bridgehead atoms. The van der Waals surface area contributed by atoms with Crippen LogP contribution in [0.3, 0.4) is 0 Å². The van der Waals surface area contributed by atoms with E-state index in [2.05, 4.69) is 15.5 Å². The third kappa shape index (κ3) is 3.38. The molecule has 1 aliphatic heterocycles.